The average Bonchev–Trinajstić information content (AvgIpc) is 2.46. The first-order valence-electron chi connectivity index (χ1n) is 6.46. The Balaban J connectivity index is 2.40. The highest BCUT2D eigenvalue weighted by molar-refractivity contribution is 6.30. The van der Waals surface area contributed by atoms with E-state index in [1.807, 2.05) is 13.8 Å². The van der Waals surface area contributed by atoms with Crippen molar-refractivity contribution in [2.24, 2.45) is 0 Å². The topological polar surface area (TPSA) is 53.5 Å². The zero-order chi connectivity index (χ0) is 15.4. The molecule has 0 N–H and O–H groups in total. The third kappa shape index (κ3) is 3.55. The summed E-state index contributed by atoms with van der Waals surface area (Å²) >= 11 is 6.13. The first kappa shape index (κ1) is 15.4. The van der Waals surface area contributed by atoms with Gasteiger partial charge in [-0.3, -0.25) is 0 Å². The molecule has 0 radical (unpaired) electrons. The van der Waals surface area contributed by atoms with Crippen LogP contribution < -0.4 is 14.2 Å². The van der Waals surface area contributed by atoms with Gasteiger partial charge in [0.15, 0.2) is 0 Å². The molecule has 0 unspecified atom stereocenters. The van der Waals surface area contributed by atoms with Gasteiger partial charge >= 0.3 is 0 Å². The maximum atomic E-state index is 6.13. The molecular formula is C15H17ClN2O3. The van der Waals surface area contributed by atoms with Gasteiger partial charge < -0.3 is 14.2 Å². The SMILES string of the molecule is COc1cc(OC)cc(Oc2ncnc(Cl)c2C(C)C)c1. The summed E-state index contributed by atoms with van der Waals surface area (Å²) in [5.41, 5.74) is 0.765. The summed E-state index contributed by atoms with van der Waals surface area (Å²) in [4.78, 5) is 8.16. The third-order valence-electron chi connectivity index (χ3n) is 2.92. The minimum Gasteiger partial charge on any atom is -0.496 e. The van der Waals surface area contributed by atoms with Crippen LogP contribution in [0.3, 0.4) is 0 Å². The third-order valence-corrected chi connectivity index (χ3v) is 3.22. The van der Waals surface area contributed by atoms with E-state index in [1.165, 1.54) is 6.33 Å². The molecule has 0 aliphatic heterocycles. The fourth-order valence-corrected chi connectivity index (χ4v) is 2.22. The van der Waals surface area contributed by atoms with Crippen LogP contribution in [0.25, 0.3) is 0 Å². The number of methoxy groups -OCH3 is 2. The van der Waals surface area contributed by atoms with Crippen molar-refractivity contribution in [3.63, 3.8) is 0 Å². The van der Waals surface area contributed by atoms with E-state index in [2.05, 4.69) is 9.97 Å². The molecular weight excluding hydrogens is 292 g/mol. The Kier molecular flexibility index (Phi) is 4.85. The van der Waals surface area contributed by atoms with Gasteiger partial charge in [0.1, 0.15) is 28.7 Å². The Hall–Kier alpha value is -2.01. The minimum atomic E-state index is 0.140. The van der Waals surface area contributed by atoms with Gasteiger partial charge in [0.05, 0.1) is 19.8 Å². The number of aromatic nitrogens is 2. The number of halogens is 1. The lowest BCUT2D eigenvalue weighted by Gasteiger charge is -2.14. The molecule has 2 aromatic rings. The number of benzene rings is 1. The van der Waals surface area contributed by atoms with Gasteiger partial charge in [0.2, 0.25) is 5.88 Å². The number of nitrogens with zero attached hydrogens (tertiary/aromatic N) is 2. The predicted octanol–water partition coefficient (Wildman–Crippen LogP) is 4.06. The molecule has 0 amide bonds. The average molecular weight is 309 g/mol. The van der Waals surface area contributed by atoms with E-state index in [0.29, 0.717) is 28.3 Å². The smallest absolute Gasteiger partial charge is 0.227 e. The second-order valence-corrected chi connectivity index (χ2v) is 5.05. The van der Waals surface area contributed by atoms with Crippen LogP contribution >= 0.6 is 11.6 Å². The van der Waals surface area contributed by atoms with Crippen molar-refractivity contribution in [1.82, 2.24) is 9.97 Å². The summed E-state index contributed by atoms with van der Waals surface area (Å²) in [6, 6.07) is 5.27. The molecule has 0 fully saturated rings. The molecule has 0 aliphatic carbocycles. The molecule has 0 spiro atoms. The lowest BCUT2D eigenvalue weighted by molar-refractivity contribution is 0.384. The van der Waals surface area contributed by atoms with Crippen LogP contribution in [-0.2, 0) is 0 Å². The Morgan fingerprint density at radius 1 is 0.952 bits per heavy atom. The molecule has 1 heterocycles. The lowest BCUT2D eigenvalue weighted by Crippen LogP contribution is -2.00. The minimum absolute atomic E-state index is 0.140. The quantitative estimate of drug-likeness (QED) is 0.780. The van der Waals surface area contributed by atoms with E-state index in [0.717, 1.165) is 5.56 Å². The summed E-state index contributed by atoms with van der Waals surface area (Å²) in [6.45, 7) is 4.01. The number of rotatable bonds is 5. The van der Waals surface area contributed by atoms with Gasteiger partial charge in [-0.15, -0.1) is 0 Å². The summed E-state index contributed by atoms with van der Waals surface area (Å²) < 4.78 is 16.3. The van der Waals surface area contributed by atoms with E-state index in [4.69, 9.17) is 25.8 Å². The van der Waals surface area contributed by atoms with Crippen molar-refractivity contribution >= 4 is 11.6 Å². The summed E-state index contributed by atoms with van der Waals surface area (Å²) in [5, 5.41) is 0.393. The Morgan fingerprint density at radius 3 is 2.05 bits per heavy atom. The highest BCUT2D eigenvalue weighted by atomic mass is 35.5. The van der Waals surface area contributed by atoms with Gasteiger partial charge in [-0.1, -0.05) is 25.4 Å². The molecule has 5 nitrogen and oxygen atoms in total. The molecule has 0 saturated heterocycles. The van der Waals surface area contributed by atoms with Crippen molar-refractivity contribution in [1.29, 1.82) is 0 Å². The first-order valence-corrected chi connectivity index (χ1v) is 6.84. The molecule has 0 bridgehead atoms. The van der Waals surface area contributed by atoms with Crippen molar-refractivity contribution in [2.45, 2.75) is 19.8 Å². The number of ether oxygens (including phenoxy) is 3. The molecule has 1 aromatic carbocycles. The van der Waals surface area contributed by atoms with Crippen LogP contribution in [0.4, 0.5) is 0 Å². The van der Waals surface area contributed by atoms with E-state index >= 15 is 0 Å². The van der Waals surface area contributed by atoms with Crippen LogP contribution in [-0.4, -0.2) is 24.2 Å². The Morgan fingerprint density at radius 2 is 1.52 bits per heavy atom. The standard InChI is InChI=1S/C15H17ClN2O3/c1-9(2)13-14(16)17-8-18-15(13)21-12-6-10(19-3)5-11(7-12)20-4/h5-9H,1-4H3. The molecule has 0 aliphatic rings. The first-order chi connectivity index (χ1) is 10.0. The van der Waals surface area contributed by atoms with Crippen LogP contribution in [0, 0.1) is 0 Å². The van der Waals surface area contributed by atoms with Crippen LogP contribution in [0.5, 0.6) is 23.1 Å². The zero-order valence-corrected chi connectivity index (χ0v) is 13.1. The van der Waals surface area contributed by atoms with E-state index in [-0.39, 0.29) is 5.92 Å². The highest BCUT2D eigenvalue weighted by Crippen LogP contribution is 2.35. The Labute approximate surface area is 128 Å². The maximum Gasteiger partial charge on any atom is 0.227 e. The van der Waals surface area contributed by atoms with Gasteiger partial charge in [0, 0.05) is 18.2 Å². The van der Waals surface area contributed by atoms with Crippen molar-refractivity contribution < 1.29 is 14.2 Å². The molecule has 0 saturated carbocycles. The highest BCUT2D eigenvalue weighted by Gasteiger charge is 2.16. The van der Waals surface area contributed by atoms with Crippen LogP contribution in [0.2, 0.25) is 5.15 Å². The van der Waals surface area contributed by atoms with Crippen molar-refractivity contribution in [3.8, 4) is 23.1 Å². The zero-order valence-electron chi connectivity index (χ0n) is 12.4. The predicted molar refractivity (Wildman–Crippen MR) is 80.8 cm³/mol. The molecule has 0 atom stereocenters. The lowest BCUT2D eigenvalue weighted by atomic mass is 10.1. The van der Waals surface area contributed by atoms with Crippen LogP contribution in [0.15, 0.2) is 24.5 Å². The van der Waals surface area contributed by atoms with Crippen molar-refractivity contribution in [2.75, 3.05) is 14.2 Å². The van der Waals surface area contributed by atoms with E-state index in [1.54, 1.807) is 32.4 Å². The second-order valence-electron chi connectivity index (χ2n) is 4.69. The Bertz CT molecular complexity index is 610. The van der Waals surface area contributed by atoms with E-state index in [9.17, 15) is 0 Å². The van der Waals surface area contributed by atoms with E-state index < -0.39 is 0 Å². The largest absolute Gasteiger partial charge is 0.496 e. The van der Waals surface area contributed by atoms with Gasteiger partial charge in [0.25, 0.3) is 0 Å². The number of hydrogen-bond donors (Lipinski definition) is 0. The summed E-state index contributed by atoms with van der Waals surface area (Å²) in [6.07, 6.45) is 1.38. The van der Waals surface area contributed by atoms with Gasteiger partial charge in [-0.05, 0) is 5.92 Å². The molecule has 6 heteroatoms. The monoisotopic (exact) mass is 308 g/mol. The van der Waals surface area contributed by atoms with Gasteiger partial charge in [-0.25, -0.2) is 9.97 Å². The van der Waals surface area contributed by atoms with Gasteiger partial charge in [-0.2, -0.15) is 0 Å². The normalized spacial score (nSPS) is 10.6. The maximum absolute atomic E-state index is 6.13. The summed E-state index contributed by atoms with van der Waals surface area (Å²) in [5.74, 6) is 2.40. The fraction of sp³-hybridized carbons (Fsp3) is 0.333. The summed E-state index contributed by atoms with van der Waals surface area (Å²) in [7, 11) is 3.17. The second kappa shape index (κ2) is 6.63. The molecule has 2 rings (SSSR count). The molecule has 1 aromatic heterocycles. The molecule has 21 heavy (non-hydrogen) atoms. The molecule has 112 valence electrons. The number of hydrogen-bond acceptors (Lipinski definition) is 5. The van der Waals surface area contributed by atoms with Crippen molar-refractivity contribution in [3.05, 3.63) is 35.2 Å². The fourth-order valence-electron chi connectivity index (χ4n) is 1.88. The van der Waals surface area contributed by atoms with Crippen LogP contribution in [0.1, 0.15) is 25.3 Å².